The van der Waals surface area contributed by atoms with E-state index in [0.717, 1.165) is 118 Å². The van der Waals surface area contributed by atoms with Crippen molar-refractivity contribution in [3.8, 4) is 0 Å². The average molecular weight is 347 g/mol. The van der Waals surface area contributed by atoms with Gasteiger partial charge in [0, 0.05) is 52.9 Å². The van der Waals surface area contributed by atoms with Gasteiger partial charge in [-0.1, -0.05) is 0 Å². The number of ether oxygens (including phenoxy) is 4. The van der Waals surface area contributed by atoms with E-state index in [1.54, 1.807) is 0 Å². The topological polar surface area (TPSA) is 61.0 Å². The lowest BCUT2D eigenvalue weighted by atomic mass is 10.4. The van der Waals surface area contributed by atoms with Gasteiger partial charge in [-0.15, -0.1) is 0 Å². The summed E-state index contributed by atoms with van der Waals surface area (Å²) in [6.07, 6.45) is 6.20. The molecule has 0 bridgehead atoms. The fourth-order valence-electron chi connectivity index (χ4n) is 2.38. The van der Waals surface area contributed by atoms with E-state index < -0.39 is 0 Å². The Labute approximate surface area is 147 Å². The maximum atomic E-state index is 5.60. The van der Waals surface area contributed by atoms with Crippen molar-refractivity contribution in [3.05, 3.63) is 0 Å². The molecule has 144 valence electrons. The van der Waals surface area contributed by atoms with E-state index in [9.17, 15) is 0 Å². The zero-order valence-corrected chi connectivity index (χ0v) is 15.4. The summed E-state index contributed by atoms with van der Waals surface area (Å²) in [5, 5.41) is 6.84. The molecule has 0 aliphatic carbocycles. The van der Waals surface area contributed by atoms with Crippen LogP contribution in [0.15, 0.2) is 0 Å². The molecule has 0 radical (unpaired) electrons. The van der Waals surface area contributed by atoms with Crippen molar-refractivity contribution in [1.82, 2.24) is 10.6 Å². The Balaban J connectivity index is 2.00. The lowest BCUT2D eigenvalue weighted by Crippen LogP contribution is -2.20. The SMILES string of the molecule is C1CNCCCOCCCOCCCNCCCOCCCOC1. The van der Waals surface area contributed by atoms with Gasteiger partial charge in [-0.3, -0.25) is 0 Å². The van der Waals surface area contributed by atoms with Gasteiger partial charge in [0.25, 0.3) is 0 Å². The zero-order chi connectivity index (χ0) is 17.0. The van der Waals surface area contributed by atoms with Gasteiger partial charge in [-0.05, 0) is 64.7 Å². The van der Waals surface area contributed by atoms with Gasteiger partial charge in [0.1, 0.15) is 0 Å². The quantitative estimate of drug-likeness (QED) is 0.695. The van der Waals surface area contributed by atoms with Crippen molar-refractivity contribution in [3.63, 3.8) is 0 Å². The molecule has 0 aromatic rings. The molecular formula is C18H38N2O4. The average Bonchev–Trinajstić information content (AvgIpc) is 2.59. The maximum absolute atomic E-state index is 5.60. The van der Waals surface area contributed by atoms with Crippen LogP contribution in [0.2, 0.25) is 0 Å². The standard InChI is InChI=1S/C18H38N2O4/c1-7-19-8-2-12-22-17-6-18-24-14-4-10-20-9-3-13-23-16-5-15-21-11-1/h19-20H,1-18H2. The van der Waals surface area contributed by atoms with Crippen LogP contribution in [0.25, 0.3) is 0 Å². The summed E-state index contributed by atoms with van der Waals surface area (Å²) in [6.45, 7) is 10.5. The van der Waals surface area contributed by atoms with Gasteiger partial charge < -0.3 is 29.6 Å². The van der Waals surface area contributed by atoms with Crippen molar-refractivity contribution in [2.24, 2.45) is 0 Å². The summed E-state index contributed by atoms with van der Waals surface area (Å²) in [5.41, 5.74) is 0. The molecule has 0 unspecified atom stereocenters. The normalized spacial score (nSPS) is 24.0. The fraction of sp³-hybridized carbons (Fsp3) is 1.00. The minimum absolute atomic E-state index is 0.798. The Morgan fingerprint density at radius 1 is 0.333 bits per heavy atom. The molecule has 1 aliphatic heterocycles. The molecule has 1 rings (SSSR count). The summed E-state index contributed by atoms with van der Waals surface area (Å²) in [6, 6.07) is 0. The second kappa shape index (κ2) is 19.1. The van der Waals surface area contributed by atoms with Crippen LogP contribution >= 0.6 is 0 Å². The second-order valence-electron chi connectivity index (χ2n) is 6.07. The van der Waals surface area contributed by atoms with Crippen LogP contribution in [0.3, 0.4) is 0 Å². The summed E-state index contributed by atoms with van der Waals surface area (Å²) in [4.78, 5) is 0. The Bertz CT molecular complexity index is 135. The van der Waals surface area contributed by atoms with E-state index in [2.05, 4.69) is 10.6 Å². The van der Waals surface area contributed by atoms with Gasteiger partial charge in [-0.25, -0.2) is 0 Å². The number of nitrogens with one attached hydrogen (secondary N) is 2. The van der Waals surface area contributed by atoms with Crippen LogP contribution in [0.1, 0.15) is 38.5 Å². The van der Waals surface area contributed by atoms with Crippen LogP contribution < -0.4 is 10.6 Å². The third kappa shape index (κ3) is 16.6. The molecule has 2 N–H and O–H groups in total. The molecule has 1 aliphatic rings. The highest BCUT2D eigenvalue weighted by Gasteiger charge is 1.95. The molecule has 1 fully saturated rings. The first-order valence-electron chi connectivity index (χ1n) is 9.72. The predicted molar refractivity (Wildman–Crippen MR) is 96.7 cm³/mol. The molecule has 6 heteroatoms. The number of hydrogen-bond acceptors (Lipinski definition) is 6. The maximum Gasteiger partial charge on any atom is 0.0487 e. The van der Waals surface area contributed by atoms with E-state index in [0.29, 0.717) is 0 Å². The fourth-order valence-corrected chi connectivity index (χ4v) is 2.38. The van der Waals surface area contributed by atoms with Crippen LogP contribution in [-0.4, -0.2) is 79.0 Å². The molecule has 0 aromatic heterocycles. The van der Waals surface area contributed by atoms with E-state index in [1.807, 2.05) is 0 Å². The van der Waals surface area contributed by atoms with E-state index in [-0.39, 0.29) is 0 Å². The van der Waals surface area contributed by atoms with Gasteiger partial charge in [0.15, 0.2) is 0 Å². The van der Waals surface area contributed by atoms with E-state index in [1.165, 1.54) is 0 Å². The van der Waals surface area contributed by atoms with Gasteiger partial charge in [0.05, 0.1) is 0 Å². The van der Waals surface area contributed by atoms with Gasteiger partial charge in [0.2, 0.25) is 0 Å². The number of rotatable bonds is 0. The minimum Gasteiger partial charge on any atom is -0.381 e. The van der Waals surface area contributed by atoms with E-state index >= 15 is 0 Å². The molecule has 1 saturated heterocycles. The number of hydrogen-bond donors (Lipinski definition) is 2. The first kappa shape index (κ1) is 21.8. The van der Waals surface area contributed by atoms with Crippen molar-refractivity contribution in [2.45, 2.75) is 38.5 Å². The molecule has 1 heterocycles. The summed E-state index contributed by atoms with van der Waals surface area (Å²) in [5.74, 6) is 0. The molecule has 6 nitrogen and oxygen atoms in total. The Hall–Kier alpha value is -0.240. The lowest BCUT2D eigenvalue weighted by molar-refractivity contribution is 0.0776. The Morgan fingerprint density at radius 2 is 0.583 bits per heavy atom. The van der Waals surface area contributed by atoms with E-state index in [4.69, 9.17) is 18.9 Å². The van der Waals surface area contributed by atoms with Crippen molar-refractivity contribution in [1.29, 1.82) is 0 Å². The smallest absolute Gasteiger partial charge is 0.0487 e. The van der Waals surface area contributed by atoms with Crippen LogP contribution in [0.4, 0.5) is 0 Å². The molecule has 0 amide bonds. The zero-order valence-electron chi connectivity index (χ0n) is 15.4. The third-order valence-corrected chi connectivity index (χ3v) is 3.72. The first-order valence-corrected chi connectivity index (χ1v) is 9.72. The van der Waals surface area contributed by atoms with Crippen molar-refractivity contribution < 1.29 is 18.9 Å². The first-order chi connectivity index (χ1) is 12.0. The third-order valence-electron chi connectivity index (χ3n) is 3.72. The molecule has 0 aromatic carbocycles. The minimum atomic E-state index is 0.798. The largest absolute Gasteiger partial charge is 0.381 e. The van der Waals surface area contributed by atoms with Crippen molar-refractivity contribution in [2.75, 3.05) is 79.0 Å². The molecule has 24 heavy (non-hydrogen) atoms. The predicted octanol–water partition coefficient (Wildman–Crippen LogP) is 1.59. The highest BCUT2D eigenvalue weighted by Crippen LogP contribution is 1.91. The van der Waals surface area contributed by atoms with Gasteiger partial charge >= 0.3 is 0 Å². The molecule has 0 atom stereocenters. The summed E-state index contributed by atoms with van der Waals surface area (Å²) in [7, 11) is 0. The molecular weight excluding hydrogens is 308 g/mol. The van der Waals surface area contributed by atoms with Crippen LogP contribution in [0, 0.1) is 0 Å². The summed E-state index contributed by atoms with van der Waals surface area (Å²) < 4.78 is 22.4. The Kier molecular flexibility index (Phi) is 17.3. The highest BCUT2D eigenvalue weighted by molar-refractivity contribution is 4.50. The lowest BCUT2D eigenvalue weighted by Gasteiger charge is -2.09. The molecule has 0 spiro atoms. The van der Waals surface area contributed by atoms with Crippen LogP contribution in [0.5, 0.6) is 0 Å². The van der Waals surface area contributed by atoms with Gasteiger partial charge in [-0.2, -0.15) is 0 Å². The summed E-state index contributed by atoms with van der Waals surface area (Å²) >= 11 is 0. The van der Waals surface area contributed by atoms with Crippen LogP contribution in [-0.2, 0) is 18.9 Å². The van der Waals surface area contributed by atoms with Crippen molar-refractivity contribution >= 4 is 0 Å². The highest BCUT2D eigenvalue weighted by atomic mass is 16.5. The second-order valence-corrected chi connectivity index (χ2v) is 6.07. The molecule has 0 saturated carbocycles. The monoisotopic (exact) mass is 346 g/mol. The Morgan fingerprint density at radius 3 is 0.875 bits per heavy atom.